The zero-order valence-electron chi connectivity index (χ0n) is 7.43. The first kappa shape index (κ1) is 8.51. The Morgan fingerprint density at radius 1 is 1.38 bits per heavy atom. The molecular weight excluding hydrogens is 187 g/mol. The number of hydrogen-bond acceptors (Lipinski definition) is 2. The maximum absolute atomic E-state index is 13.2. The summed E-state index contributed by atoms with van der Waals surface area (Å²) in [5.41, 5.74) is 1.17. The minimum atomic E-state index is -0.295. The van der Waals surface area contributed by atoms with Crippen LogP contribution in [-0.4, -0.2) is 7.11 Å². The maximum Gasteiger partial charge on any atom is 0.166 e. The van der Waals surface area contributed by atoms with Crippen LogP contribution < -0.4 is 4.74 Å². The lowest BCUT2D eigenvalue weighted by molar-refractivity contribution is 0.387. The van der Waals surface area contributed by atoms with Crippen LogP contribution in [0.3, 0.4) is 0 Å². The number of halogens is 1. The second-order valence-electron chi connectivity index (χ2n) is 2.90. The molecule has 13 heavy (non-hydrogen) atoms. The van der Waals surface area contributed by atoms with Gasteiger partial charge in [-0.3, -0.25) is 0 Å². The van der Waals surface area contributed by atoms with Crippen LogP contribution >= 0.6 is 11.3 Å². The number of hydrogen-bond donors (Lipinski definition) is 0. The number of aryl methyl sites for hydroxylation is 1. The third-order valence-corrected chi connectivity index (χ3v) is 3.10. The fraction of sp³-hybridized carbons (Fsp3) is 0.200. The first-order valence-electron chi connectivity index (χ1n) is 3.93. The Balaban J connectivity index is 2.77. The lowest BCUT2D eigenvalue weighted by Gasteiger charge is -2.01. The Morgan fingerprint density at radius 3 is 2.85 bits per heavy atom. The van der Waals surface area contributed by atoms with Crippen molar-refractivity contribution in [3.8, 4) is 5.75 Å². The summed E-state index contributed by atoms with van der Waals surface area (Å²) < 4.78 is 19.1. The summed E-state index contributed by atoms with van der Waals surface area (Å²) in [6.45, 7) is 2.01. The normalized spacial score (nSPS) is 10.7. The largest absolute Gasteiger partial charge is 0.494 e. The van der Waals surface area contributed by atoms with E-state index >= 15 is 0 Å². The number of ether oxygens (including phenoxy) is 1. The van der Waals surface area contributed by atoms with E-state index in [9.17, 15) is 4.39 Å². The molecule has 0 saturated heterocycles. The fourth-order valence-corrected chi connectivity index (χ4v) is 2.26. The van der Waals surface area contributed by atoms with Crippen LogP contribution in [0.15, 0.2) is 17.5 Å². The summed E-state index contributed by atoms with van der Waals surface area (Å²) in [4.78, 5) is 0. The average Bonchev–Trinajstić information content (AvgIpc) is 2.46. The highest BCUT2D eigenvalue weighted by Crippen LogP contribution is 2.30. The van der Waals surface area contributed by atoms with Gasteiger partial charge in [-0.2, -0.15) is 0 Å². The zero-order valence-corrected chi connectivity index (χ0v) is 8.24. The van der Waals surface area contributed by atoms with E-state index in [4.69, 9.17) is 4.74 Å². The van der Waals surface area contributed by atoms with Gasteiger partial charge in [0.05, 0.1) is 7.11 Å². The number of thiophene rings is 1. The van der Waals surface area contributed by atoms with Crippen molar-refractivity contribution in [2.75, 3.05) is 7.11 Å². The van der Waals surface area contributed by atoms with Gasteiger partial charge in [0.1, 0.15) is 0 Å². The molecule has 1 nitrogen and oxygen atoms in total. The van der Waals surface area contributed by atoms with Crippen molar-refractivity contribution in [1.82, 2.24) is 0 Å². The number of fused-ring (bicyclic) bond motifs is 1. The van der Waals surface area contributed by atoms with Gasteiger partial charge in [-0.25, -0.2) is 4.39 Å². The van der Waals surface area contributed by atoms with Crippen LogP contribution in [-0.2, 0) is 0 Å². The van der Waals surface area contributed by atoms with Gasteiger partial charge in [-0.15, -0.1) is 11.3 Å². The summed E-state index contributed by atoms with van der Waals surface area (Å²) in [6, 6.07) is 3.27. The molecule has 2 rings (SSSR count). The van der Waals surface area contributed by atoms with E-state index in [2.05, 4.69) is 0 Å². The monoisotopic (exact) mass is 196 g/mol. The maximum atomic E-state index is 13.2. The van der Waals surface area contributed by atoms with Crippen molar-refractivity contribution >= 4 is 21.4 Å². The standard InChI is InChI=1S/C10H9FOS/c1-6-5-13-10-4-8(11)9(12-2)3-7(6)10/h3-5H,1-2H3. The molecule has 2 aromatic rings. The van der Waals surface area contributed by atoms with Gasteiger partial charge < -0.3 is 4.74 Å². The second-order valence-corrected chi connectivity index (χ2v) is 3.81. The molecule has 68 valence electrons. The molecule has 0 atom stereocenters. The third kappa shape index (κ3) is 1.29. The summed E-state index contributed by atoms with van der Waals surface area (Å²) in [5.74, 6) is 0.0193. The first-order chi connectivity index (χ1) is 6.22. The van der Waals surface area contributed by atoms with Gasteiger partial charge in [-0.1, -0.05) is 0 Å². The van der Waals surface area contributed by atoms with Crippen molar-refractivity contribution in [1.29, 1.82) is 0 Å². The predicted octanol–water partition coefficient (Wildman–Crippen LogP) is 3.36. The lowest BCUT2D eigenvalue weighted by atomic mass is 10.2. The van der Waals surface area contributed by atoms with E-state index < -0.39 is 0 Å². The van der Waals surface area contributed by atoms with Crippen molar-refractivity contribution < 1.29 is 9.13 Å². The zero-order chi connectivity index (χ0) is 9.42. The molecule has 0 aliphatic carbocycles. The van der Waals surface area contributed by atoms with Gasteiger partial charge >= 0.3 is 0 Å². The first-order valence-corrected chi connectivity index (χ1v) is 4.81. The van der Waals surface area contributed by atoms with E-state index in [0.29, 0.717) is 5.75 Å². The topological polar surface area (TPSA) is 9.23 Å². The molecule has 1 heterocycles. The minimum absolute atomic E-state index is 0.295. The van der Waals surface area contributed by atoms with Crippen LogP contribution in [0.1, 0.15) is 5.56 Å². The molecule has 0 bridgehead atoms. The molecule has 0 unspecified atom stereocenters. The van der Waals surface area contributed by atoms with Gasteiger partial charge in [0, 0.05) is 4.70 Å². The smallest absolute Gasteiger partial charge is 0.166 e. The van der Waals surface area contributed by atoms with Crippen LogP contribution in [0.4, 0.5) is 4.39 Å². The van der Waals surface area contributed by atoms with E-state index in [0.717, 1.165) is 10.1 Å². The molecule has 0 N–H and O–H groups in total. The van der Waals surface area contributed by atoms with Crippen molar-refractivity contribution in [2.45, 2.75) is 6.92 Å². The van der Waals surface area contributed by atoms with Crippen molar-refractivity contribution in [2.24, 2.45) is 0 Å². The van der Waals surface area contributed by atoms with Crippen LogP contribution in [0.2, 0.25) is 0 Å². The summed E-state index contributed by atoms with van der Waals surface area (Å²) in [5, 5.41) is 3.09. The SMILES string of the molecule is COc1cc2c(C)csc2cc1F. The molecule has 0 fully saturated rings. The Hall–Kier alpha value is -1.09. The quantitative estimate of drug-likeness (QED) is 0.679. The summed E-state index contributed by atoms with van der Waals surface area (Å²) in [7, 11) is 1.48. The van der Waals surface area contributed by atoms with Crippen LogP contribution in [0, 0.1) is 12.7 Å². The van der Waals surface area contributed by atoms with Gasteiger partial charge in [-0.05, 0) is 35.4 Å². The highest BCUT2D eigenvalue weighted by Gasteiger charge is 2.07. The molecule has 3 heteroatoms. The Labute approximate surface area is 79.8 Å². The van der Waals surface area contributed by atoms with Crippen LogP contribution in [0.5, 0.6) is 5.75 Å². The lowest BCUT2D eigenvalue weighted by Crippen LogP contribution is -1.86. The molecule has 0 amide bonds. The van der Waals surface area contributed by atoms with E-state index in [1.54, 1.807) is 17.4 Å². The summed E-state index contributed by atoms with van der Waals surface area (Å²) >= 11 is 1.55. The number of benzene rings is 1. The third-order valence-electron chi connectivity index (χ3n) is 2.04. The van der Waals surface area contributed by atoms with E-state index in [1.165, 1.54) is 18.7 Å². The Kier molecular flexibility index (Phi) is 1.96. The van der Waals surface area contributed by atoms with Gasteiger partial charge in [0.15, 0.2) is 11.6 Å². The average molecular weight is 196 g/mol. The Morgan fingerprint density at radius 2 is 2.15 bits per heavy atom. The molecule has 0 spiro atoms. The number of rotatable bonds is 1. The second kappa shape index (κ2) is 3.00. The molecule has 0 aliphatic rings. The van der Waals surface area contributed by atoms with E-state index in [-0.39, 0.29) is 5.82 Å². The highest BCUT2D eigenvalue weighted by atomic mass is 32.1. The molecular formula is C10H9FOS. The van der Waals surface area contributed by atoms with E-state index in [1.807, 2.05) is 12.3 Å². The number of methoxy groups -OCH3 is 1. The molecule has 0 saturated carbocycles. The highest BCUT2D eigenvalue weighted by molar-refractivity contribution is 7.17. The van der Waals surface area contributed by atoms with Crippen LogP contribution in [0.25, 0.3) is 10.1 Å². The van der Waals surface area contributed by atoms with Gasteiger partial charge in [0.25, 0.3) is 0 Å². The fourth-order valence-electron chi connectivity index (χ4n) is 1.31. The molecule has 1 aromatic carbocycles. The summed E-state index contributed by atoms with van der Waals surface area (Å²) in [6.07, 6.45) is 0. The van der Waals surface area contributed by atoms with Crippen molar-refractivity contribution in [3.05, 3.63) is 28.9 Å². The molecule has 0 aliphatic heterocycles. The predicted molar refractivity (Wildman–Crippen MR) is 53.1 cm³/mol. The van der Waals surface area contributed by atoms with Gasteiger partial charge in [0.2, 0.25) is 0 Å². The molecule has 1 aromatic heterocycles. The molecule has 0 radical (unpaired) electrons. The Bertz CT molecular complexity index is 447. The van der Waals surface area contributed by atoms with Crippen molar-refractivity contribution in [3.63, 3.8) is 0 Å². The minimum Gasteiger partial charge on any atom is -0.494 e.